The number of anilines is 1. The van der Waals surface area contributed by atoms with Crippen molar-refractivity contribution in [3.8, 4) is 5.75 Å². The van der Waals surface area contributed by atoms with Gasteiger partial charge in [-0.25, -0.2) is 0 Å². The zero-order valence-corrected chi connectivity index (χ0v) is 16.8. The van der Waals surface area contributed by atoms with Crippen LogP contribution in [-0.4, -0.2) is 55.7 Å². The summed E-state index contributed by atoms with van der Waals surface area (Å²) in [4.78, 5) is 29.7. The number of amides is 2. The third-order valence-electron chi connectivity index (χ3n) is 5.44. The van der Waals surface area contributed by atoms with Gasteiger partial charge < -0.3 is 19.3 Å². The molecule has 4 rings (SSSR count). The lowest BCUT2D eigenvalue weighted by Crippen LogP contribution is -2.54. The lowest BCUT2D eigenvalue weighted by molar-refractivity contribution is -0.142. The fourth-order valence-electron chi connectivity index (χ4n) is 3.71. The largest absolute Gasteiger partial charge is 0.476 e. The summed E-state index contributed by atoms with van der Waals surface area (Å²) < 4.78 is 11.3. The third kappa shape index (κ3) is 3.98. The van der Waals surface area contributed by atoms with Crippen LogP contribution in [0.1, 0.15) is 35.7 Å². The molecule has 2 aliphatic rings. The zero-order valence-electron chi connectivity index (χ0n) is 16.8. The van der Waals surface area contributed by atoms with Gasteiger partial charge in [-0.2, -0.15) is 0 Å². The number of hydrogen-bond acceptors (Lipinski definition) is 4. The van der Waals surface area contributed by atoms with E-state index in [4.69, 9.17) is 9.47 Å². The molecule has 0 spiro atoms. The van der Waals surface area contributed by atoms with Crippen LogP contribution in [0.5, 0.6) is 5.75 Å². The lowest BCUT2D eigenvalue weighted by atomic mass is 10.0. The predicted molar refractivity (Wildman–Crippen MR) is 110 cm³/mol. The summed E-state index contributed by atoms with van der Waals surface area (Å²) in [5, 5.41) is 0. The number of rotatable bonds is 3. The van der Waals surface area contributed by atoms with Crippen molar-refractivity contribution in [1.29, 1.82) is 0 Å². The Morgan fingerprint density at radius 2 is 1.69 bits per heavy atom. The van der Waals surface area contributed by atoms with Crippen molar-refractivity contribution < 1.29 is 19.1 Å². The first kappa shape index (κ1) is 19.5. The average Bonchev–Trinajstić information content (AvgIpc) is 2.78. The van der Waals surface area contributed by atoms with Gasteiger partial charge in [-0.15, -0.1) is 0 Å². The second kappa shape index (κ2) is 8.25. The molecule has 0 aromatic heterocycles. The van der Waals surface area contributed by atoms with E-state index < -0.39 is 6.10 Å². The fourth-order valence-corrected chi connectivity index (χ4v) is 3.71. The molecule has 29 heavy (non-hydrogen) atoms. The van der Waals surface area contributed by atoms with E-state index in [9.17, 15) is 9.59 Å². The predicted octanol–water partition coefficient (Wildman–Crippen LogP) is 3.08. The number of hydrogen-bond donors (Lipinski definition) is 0. The molecule has 0 radical (unpaired) electrons. The van der Waals surface area contributed by atoms with Crippen LogP contribution >= 0.6 is 0 Å². The number of carbonyl (C=O) groups is 2. The van der Waals surface area contributed by atoms with E-state index in [1.807, 2.05) is 42.5 Å². The summed E-state index contributed by atoms with van der Waals surface area (Å²) in [6, 6.07) is 15.1. The van der Waals surface area contributed by atoms with E-state index in [2.05, 4.69) is 13.8 Å². The minimum atomic E-state index is -0.720. The monoisotopic (exact) mass is 394 g/mol. The van der Waals surface area contributed by atoms with Gasteiger partial charge in [0.05, 0.1) is 25.4 Å². The van der Waals surface area contributed by atoms with Gasteiger partial charge in [-0.1, -0.05) is 38.1 Å². The van der Waals surface area contributed by atoms with Crippen LogP contribution in [0.25, 0.3) is 0 Å². The van der Waals surface area contributed by atoms with E-state index in [1.165, 1.54) is 5.56 Å². The van der Waals surface area contributed by atoms with Crippen molar-refractivity contribution in [3.63, 3.8) is 0 Å². The van der Waals surface area contributed by atoms with E-state index >= 15 is 0 Å². The molecule has 2 aromatic rings. The van der Waals surface area contributed by atoms with Crippen molar-refractivity contribution in [3.05, 3.63) is 59.7 Å². The maximum atomic E-state index is 13.3. The SMILES string of the molecule is CC(C)c1ccc(C(=O)N2CC(C(=O)N3CCOCC3)Oc3ccccc32)cc1. The fraction of sp³-hybridized carbons (Fsp3) is 0.391. The summed E-state index contributed by atoms with van der Waals surface area (Å²) in [6.45, 7) is 6.58. The molecule has 2 aromatic carbocycles. The van der Waals surface area contributed by atoms with Crippen LogP contribution in [0, 0.1) is 0 Å². The van der Waals surface area contributed by atoms with Crippen LogP contribution < -0.4 is 9.64 Å². The van der Waals surface area contributed by atoms with Crippen molar-refractivity contribution in [2.75, 3.05) is 37.7 Å². The Morgan fingerprint density at radius 3 is 2.38 bits per heavy atom. The molecule has 2 heterocycles. The Hall–Kier alpha value is -2.86. The summed E-state index contributed by atoms with van der Waals surface area (Å²) >= 11 is 0. The second-order valence-corrected chi connectivity index (χ2v) is 7.70. The van der Waals surface area contributed by atoms with Gasteiger partial charge in [0.1, 0.15) is 5.75 Å². The highest BCUT2D eigenvalue weighted by Gasteiger charge is 2.36. The molecular formula is C23H26N2O4. The van der Waals surface area contributed by atoms with E-state index in [0.29, 0.717) is 49.2 Å². The van der Waals surface area contributed by atoms with Gasteiger partial charge in [0.15, 0.2) is 6.10 Å². The van der Waals surface area contributed by atoms with Crippen molar-refractivity contribution >= 4 is 17.5 Å². The topological polar surface area (TPSA) is 59.1 Å². The van der Waals surface area contributed by atoms with Gasteiger partial charge in [-0.3, -0.25) is 9.59 Å². The molecule has 2 aliphatic heterocycles. The van der Waals surface area contributed by atoms with E-state index in [-0.39, 0.29) is 18.4 Å². The molecule has 0 N–H and O–H groups in total. The highest BCUT2D eigenvalue weighted by atomic mass is 16.5. The standard InChI is InChI=1S/C23H26N2O4/c1-16(2)17-7-9-18(10-8-17)22(26)25-15-21(23(27)24-11-13-28-14-12-24)29-20-6-4-3-5-19(20)25/h3-10,16,21H,11-15H2,1-2H3. The van der Waals surface area contributed by atoms with Crippen LogP contribution in [0.3, 0.4) is 0 Å². The normalized spacial score (nSPS) is 18.9. The highest BCUT2D eigenvalue weighted by Crippen LogP contribution is 2.34. The van der Waals surface area contributed by atoms with Gasteiger partial charge in [0.2, 0.25) is 0 Å². The third-order valence-corrected chi connectivity index (χ3v) is 5.44. The van der Waals surface area contributed by atoms with Crippen molar-refractivity contribution in [2.45, 2.75) is 25.9 Å². The Bertz CT molecular complexity index is 888. The van der Waals surface area contributed by atoms with Crippen LogP contribution in [0.2, 0.25) is 0 Å². The molecule has 2 amide bonds. The molecule has 6 heteroatoms. The summed E-state index contributed by atoms with van der Waals surface area (Å²) in [7, 11) is 0. The highest BCUT2D eigenvalue weighted by molar-refractivity contribution is 6.07. The van der Waals surface area contributed by atoms with Gasteiger partial charge in [-0.05, 0) is 35.7 Å². The first-order chi connectivity index (χ1) is 14.0. The smallest absolute Gasteiger partial charge is 0.265 e. The number of nitrogens with zero attached hydrogens (tertiary/aromatic N) is 2. The number of fused-ring (bicyclic) bond motifs is 1. The maximum Gasteiger partial charge on any atom is 0.265 e. The Balaban J connectivity index is 1.60. The first-order valence-electron chi connectivity index (χ1n) is 10.1. The molecular weight excluding hydrogens is 368 g/mol. The summed E-state index contributed by atoms with van der Waals surface area (Å²) in [6.07, 6.45) is -0.720. The molecule has 0 saturated carbocycles. The molecule has 0 aliphatic carbocycles. The number of carbonyl (C=O) groups excluding carboxylic acids is 2. The molecule has 1 saturated heterocycles. The van der Waals surface area contributed by atoms with Crippen molar-refractivity contribution in [1.82, 2.24) is 4.90 Å². The molecule has 1 atom stereocenters. The average molecular weight is 394 g/mol. The first-order valence-corrected chi connectivity index (χ1v) is 10.1. The van der Waals surface area contributed by atoms with Gasteiger partial charge in [0, 0.05) is 18.7 Å². The van der Waals surface area contributed by atoms with Gasteiger partial charge in [0.25, 0.3) is 11.8 Å². The molecule has 1 fully saturated rings. The number of benzene rings is 2. The zero-order chi connectivity index (χ0) is 20.4. The van der Waals surface area contributed by atoms with E-state index in [1.54, 1.807) is 15.9 Å². The Kier molecular flexibility index (Phi) is 5.53. The minimum absolute atomic E-state index is 0.101. The maximum absolute atomic E-state index is 13.3. The Labute approximate surface area is 171 Å². The number of morpholine rings is 1. The Morgan fingerprint density at radius 1 is 1.00 bits per heavy atom. The van der Waals surface area contributed by atoms with E-state index in [0.717, 1.165) is 0 Å². The molecule has 0 bridgehead atoms. The molecule has 1 unspecified atom stereocenters. The van der Waals surface area contributed by atoms with Crippen LogP contribution in [0.4, 0.5) is 5.69 Å². The lowest BCUT2D eigenvalue weighted by Gasteiger charge is -2.37. The number of ether oxygens (including phenoxy) is 2. The summed E-state index contributed by atoms with van der Waals surface area (Å²) in [5.41, 5.74) is 2.48. The van der Waals surface area contributed by atoms with Crippen LogP contribution in [-0.2, 0) is 9.53 Å². The van der Waals surface area contributed by atoms with Crippen LogP contribution in [0.15, 0.2) is 48.5 Å². The second-order valence-electron chi connectivity index (χ2n) is 7.70. The molecule has 152 valence electrons. The quantitative estimate of drug-likeness (QED) is 0.803. The number of para-hydroxylation sites is 2. The van der Waals surface area contributed by atoms with Gasteiger partial charge >= 0.3 is 0 Å². The van der Waals surface area contributed by atoms with Crippen molar-refractivity contribution in [2.24, 2.45) is 0 Å². The molecule has 6 nitrogen and oxygen atoms in total. The summed E-state index contributed by atoms with van der Waals surface area (Å²) in [5.74, 6) is 0.725. The minimum Gasteiger partial charge on any atom is -0.476 e.